The average molecular weight is 288 g/mol. The Hall–Kier alpha value is -1.14. The highest BCUT2D eigenvalue weighted by Crippen LogP contribution is 2.33. The normalized spacial score (nSPS) is 16.1. The number of ether oxygens (including phenoxy) is 4. The number of carbonyl (C=O) groups is 2. The van der Waals surface area contributed by atoms with Gasteiger partial charge in [0.15, 0.2) is 11.7 Å². The number of esters is 2. The van der Waals surface area contributed by atoms with Crippen LogP contribution in [-0.4, -0.2) is 44.7 Å². The van der Waals surface area contributed by atoms with Gasteiger partial charge in [0.05, 0.1) is 26.4 Å². The average Bonchev–Trinajstić information content (AvgIpc) is 2.94. The van der Waals surface area contributed by atoms with E-state index < -0.39 is 17.4 Å². The van der Waals surface area contributed by atoms with Crippen molar-refractivity contribution in [2.45, 2.75) is 46.3 Å². The van der Waals surface area contributed by atoms with Crippen LogP contribution in [0, 0.1) is 5.41 Å². The van der Waals surface area contributed by atoms with Crippen LogP contribution in [0.25, 0.3) is 0 Å². The van der Waals surface area contributed by atoms with E-state index in [2.05, 4.69) is 0 Å². The standard InChI is InChI=1S/C14H24O6/c1-4-14(12(15)17-5-2,13(16)18-6-3)8-7-11-19-9-10-20-11/h11H,4-10H2,1-3H3. The molecule has 0 atom stereocenters. The number of rotatable bonds is 8. The third-order valence-corrected chi connectivity index (χ3v) is 3.43. The van der Waals surface area contributed by atoms with E-state index in [9.17, 15) is 9.59 Å². The predicted molar refractivity (Wildman–Crippen MR) is 70.9 cm³/mol. The van der Waals surface area contributed by atoms with Gasteiger partial charge < -0.3 is 18.9 Å². The summed E-state index contributed by atoms with van der Waals surface area (Å²) in [6.45, 7) is 6.77. The van der Waals surface area contributed by atoms with Crippen molar-refractivity contribution in [1.82, 2.24) is 0 Å². The highest BCUT2D eigenvalue weighted by Gasteiger charge is 2.47. The van der Waals surface area contributed by atoms with Crippen LogP contribution in [0.5, 0.6) is 0 Å². The van der Waals surface area contributed by atoms with Crippen LogP contribution in [-0.2, 0) is 28.5 Å². The molecule has 0 aromatic rings. The van der Waals surface area contributed by atoms with Crippen LogP contribution >= 0.6 is 0 Å². The second-order valence-corrected chi connectivity index (χ2v) is 4.59. The van der Waals surface area contributed by atoms with Crippen LogP contribution in [0.4, 0.5) is 0 Å². The Balaban J connectivity index is 2.78. The molecule has 1 aliphatic rings. The molecule has 20 heavy (non-hydrogen) atoms. The SMILES string of the molecule is CCOC(=O)C(CC)(CCC1OCCO1)C(=O)OCC. The Labute approximate surface area is 119 Å². The Morgan fingerprint density at radius 2 is 1.55 bits per heavy atom. The second-order valence-electron chi connectivity index (χ2n) is 4.59. The molecule has 6 heteroatoms. The lowest BCUT2D eigenvalue weighted by atomic mass is 9.80. The molecular formula is C14H24O6. The zero-order valence-electron chi connectivity index (χ0n) is 12.5. The summed E-state index contributed by atoms with van der Waals surface area (Å²) in [5.74, 6) is -1.06. The van der Waals surface area contributed by atoms with E-state index in [1.807, 2.05) is 0 Å². The monoisotopic (exact) mass is 288 g/mol. The molecule has 0 radical (unpaired) electrons. The zero-order valence-corrected chi connectivity index (χ0v) is 12.5. The molecule has 0 spiro atoms. The van der Waals surface area contributed by atoms with E-state index in [1.54, 1.807) is 20.8 Å². The molecule has 1 aliphatic heterocycles. The third kappa shape index (κ3) is 3.93. The molecule has 1 rings (SSSR count). The maximum absolute atomic E-state index is 12.2. The Morgan fingerprint density at radius 1 is 1.05 bits per heavy atom. The summed E-state index contributed by atoms with van der Waals surface area (Å²) < 4.78 is 20.8. The fraction of sp³-hybridized carbons (Fsp3) is 0.857. The minimum Gasteiger partial charge on any atom is -0.465 e. The first-order chi connectivity index (χ1) is 9.60. The van der Waals surface area contributed by atoms with Crippen LogP contribution in [0.1, 0.15) is 40.0 Å². The van der Waals surface area contributed by atoms with Crippen molar-refractivity contribution in [1.29, 1.82) is 0 Å². The molecule has 0 bridgehead atoms. The molecule has 0 aliphatic carbocycles. The second kappa shape index (κ2) is 8.21. The molecule has 6 nitrogen and oxygen atoms in total. The molecule has 0 N–H and O–H groups in total. The quantitative estimate of drug-likeness (QED) is 0.500. The first kappa shape index (κ1) is 16.9. The lowest BCUT2D eigenvalue weighted by Gasteiger charge is -2.28. The summed E-state index contributed by atoms with van der Waals surface area (Å²) in [6, 6.07) is 0. The summed E-state index contributed by atoms with van der Waals surface area (Å²) in [4.78, 5) is 24.4. The molecular weight excluding hydrogens is 264 g/mol. The van der Waals surface area contributed by atoms with Crippen LogP contribution in [0.3, 0.4) is 0 Å². The van der Waals surface area contributed by atoms with E-state index >= 15 is 0 Å². The highest BCUT2D eigenvalue weighted by atomic mass is 16.7. The van der Waals surface area contributed by atoms with Crippen molar-refractivity contribution < 1.29 is 28.5 Å². The van der Waals surface area contributed by atoms with E-state index in [-0.39, 0.29) is 19.5 Å². The minimum absolute atomic E-state index is 0.233. The summed E-state index contributed by atoms with van der Waals surface area (Å²) in [7, 11) is 0. The summed E-state index contributed by atoms with van der Waals surface area (Å²) in [6.07, 6.45) is 0.735. The molecule has 0 amide bonds. The van der Waals surface area contributed by atoms with Crippen molar-refractivity contribution >= 4 is 11.9 Å². The maximum atomic E-state index is 12.2. The van der Waals surface area contributed by atoms with Crippen molar-refractivity contribution in [2.24, 2.45) is 5.41 Å². The van der Waals surface area contributed by atoms with Gasteiger partial charge in [-0.15, -0.1) is 0 Å². The molecule has 0 aromatic heterocycles. The predicted octanol–water partition coefficient (Wildman–Crippen LogP) is 1.66. The molecule has 116 valence electrons. The van der Waals surface area contributed by atoms with Crippen LogP contribution < -0.4 is 0 Å². The van der Waals surface area contributed by atoms with Gasteiger partial charge in [-0.3, -0.25) is 9.59 Å². The molecule has 1 saturated heterocycles. The van der Waals surface area contributed by atoms with E-state index in [4.69, 9.17) is 18.9 Å². The van der Waals surface area contributed by atoms with Crippen molar-refractivity contribution in [2.75, 3.05) is 26.4 Å². The highest BCUT2D eigenvalue weighted by molar-refractivity contribution is 6.00. The molecule has 0 saturated carbocycles. The van der Waals surface area contributed by atoms with Gasteiger partial charge in [-0.25, -0.2) is 0 Å². The lowest BCUT2D eigenvalue weighted by molar-refractivity contribution is -0.174. The number of carbonyl (C=O) groups excluding carboxylic acids is 2. The van der Waals surface area contributed by atoms with Gasteiger partial charge in [0, 0.05) is 6.42 Å². The molecule has 1 heterocycles. The van der Waals surface area contributed by atoms with E-state index in [0.717, 1.165) is 0 Å². The van der Waals surface area contributed by atoms with Gasteiger partial charge in [-0.1, -0.05) is 6.92 Å². The Bertz CT molecular complexity index is 304. The van der Waals surface area contributed by atoms with Crippen molar-refractivity contribution in [3.8, 4) is 0 Å². The van der Waals surface area contributed by atoms with Crippen LogP contribution in [0.15, 0.2) is 0 Å². The zero-order chi connectivity index (χ0) is 15.0. The first-order valence-corrected chi connectivity index (χ1v) is 7.18. The van der Waals surface area contributed by atoms with Crippen molar-refractivity contribution in [3.63, 3.8) is 0 Å². The Morgan fingerprint density at radius 3 is 1.95 bits per heavy atom. The van der Waals surface area contributed by atoms with Gasteiger partial charge in [0.1, 0.15) is 0 Å². The van der Waals surface area contributed by atoms with E-state index in [1.165, 1.54) is 0 Å². The first-order valence-electron chi connectivity index (χ1n) is 7.18. The third-order valence-electron chi connectivity index (χ3n) is 3.43. The smallest absolute Gasteiger partial charge is 0.323 e. The van der Waals surface area contributed by atoms with Crippen molar-refractivity contribution in [3.05, 3.63) is 0 Å². The van der Waals surface area contributed by atoms with Gasteiger partial charge in [-0.2, -0.15) is 0 Å². The summed E-state index contributed by atoms with van der Waals surface area (Å²) in [5, 5.41) is 0. The summed E-state index contributed by atoms with van der Waals surface area (Å²) >= 11 is 0. The van der Waals surface area contributed by atoms with Gasteiger partial charge >= 0.3 is 11.9 Å². The van der Waals surface area contributed by atoms with E-state index in [0.29, 0.717) is 32.5 Å². The molecule has 1 fully saturated rings. The summed E-state index contributed by atoms with van der Waals surface area (Å²) in [5.41, 5.74) is -1.26. The fourth-order valence-corrected chi connectivity index (χ4v) is 2.23. The maximum Gasteiger partial charge on any atom is 0.323 e. The number of hydrogen-bond acceptors (Lipinski definition) is 6. The van der Waals surface area contributed by atoms with Gasteiger partial charge in [0.25, 0.3) is 0 Å². The Kier molecular flexibility index (Phi) is 6.95. The lowest BCUT2D eigenvalue weighted by Crippen LogP contribution is -2.42. The topological polar surface area (TPSA) is 71.1 Å². The fourth-order valence-electron chi connectivity index (χ4n) is 2.23. The molecule has 0 unspecified atom stereocenters. The number of hydrogen-bond donors (Lipinski definition) is 0. The minimum atomic E-state index is -1.26. The molecule has 0 aromatic carbocycles. The largest absolute Gasteiger partial charge is 0.465 e. The van der Waals surface area contributed by atoms with Crippen LogP contribution in [0.2, 0.25) is 0 Å². The van der Waals surface area contributed by atoms with Gasteiger partial charge in [-0.05, 0) is 26.7 Å². The van der Waals surface area contributed by atoms with Gasteiger partial charge in [0.2, 0.25) is 0 Å².